The van der Waals surface area contributed by atoms with Crippen molar-refractivity contribution in [2.75, 3.05) is 50.5 Å². The maximum absolute atomic E-state index is 12.6. The molecule has 0 spiro atoms. The Labute approximate surface area is 168 Å². The van der Waals surface area contributed by atoms with E-state index in [-0.39, 0.29) is 17.2 Å². The van der Waals surface area contributed by atoms with Gasteiger partial charge >= 0.3 is 0 Å². The van der Waals surface area contributed by atoms with Crippen LogP contribution in [0.15, 0.2) is 42.5 Å². The lowest BCUT2D eigenvalue weighted by molar-refractivity contribution is -0.384. The first-order chi connectivity index (χ1) is 13.9. The Balaban J connectivity index is 1.82. The van der Waals surface area contributed by atoms with Gasteiger partial charge in [-0.3, -0.25) is 19.7 Å². The van der Waals surface area contributed by atoms with Crippen LogP contribution in [0.5, 0.6) is 0 Å². The normalized spacial score (nSPS) is 14.3. The minimum atomic E-state index is -0.480. The molecule has 0 saturated carbocycles. The number of nitro benzene ring substituents is 1. The molecule has 2 aromatic carbocycles. The number of likely N-dealkylation sites (N-methyl/N-ethyl adjacent to an activating group) is 1. The molecular formula is C20H23N5O4. The average molecular weight is 397 g/mol. The maximum atomic E-state index is 12.6. The van der Waals surface area contributed by atoms with E-state index in [2.05, 4.69) is 15.5 Å². The van der Waals surface area contributed by atoms with Crippen molar-refractivity contribution in [2.24, 2.45) is 0 Å². The zero-order valence-corrected chi connectivity index (χ0v) is 16.3. The molecule has 152 valence electrons. The topological polar surface area (TPSA) is 108 Å². The van der Waals surface area contributed by atoms with Gasteiger partial charge < -0.3 is 20.4 Å². The second kappa shape index (κ2) is 8.70. The highest BCUT2D eigenvalue weighted by Crippen LogP contribution is 2.30. The Kier molecular flexibility index (Phi) is 6.08. The number of amides is 2. The van der Waals surface area contributed by atoms with Gasteiger partial charge in [-0.2, -0.15) is 0 Å². The van der Waals surface area contributed by atoms with Gasteiger partial charge in [0.1, 0.15) is 5.69 Å². The summed E-state index contributed by atoms with van der Waals surface area (Å²) >= 11 is 0. The van der Waals surface area contributed by atoms with Crippen molar-refractivity contribution < 1.29 is 14.5 Å². The van der Waals surface area contributed by atoms with E-state index in [4.69, 9.17) is 0 Å². The summed E-state index contributed by atoms with van der Waals surface area (Å²) in [6.45, 7) is 3.02. The summed E-state index contributed by atoms with van der Waals surface area (Å²) in [5.74, 6) is -0.750. The molecular weight excluding hydrogens is 374 g/mol. The number of carbonyl (C=O) groups is 2. The monoisotopic (exact) mass is 397 g/mol. The summed E-state index contributed by atoms with van der Waals surface area (Å²) < 4.78 is 0. The van der Waals surface area contributed by atoms with Crippen LogP contribution in [0.3, 0.4) is 0 Å². The summed E-state index contributed by atoms with van der Waals surface area (Å²) in [7, 11) is 3.53. The summed E-state index contributed by atoms with van der Waals surface area (Å²) in [5, 5.41) is 16.8. The number of piperazine rings is 1. The van der Waals surface area contributed by atoms with Crippen molar-refractivity contribution in [1.82, 2.24) is 10.2 Å². The third-order valence-corrected chi connectivity index (χ3v) is 4.89. The number of nitrogens with zero attached hydrogens (tertiary/aromatic N) is 3. The van der Waals surface area contributed by atoms with E-state index in [1.807, 2.05) is 11.9 Å². The highest BCUT2D eigenvalue weighted by Gasteiger charge is 2.24. The van der Waals surface area contributed by atoms with Gasteiger partial charge in [-0.1, -0.05) is 6.07 Å². The predicted octanol–water partition coefficient (Wildman–Crippen LogP) is 1.96. The molecule has 2 amide bonds. The van der Waals surface area contributed by atoms with Gasteiger partial charge in [0.05, 0.1) is 4.92 Å². The Hall–Kier alpha value is -3.46. The number of rotatable bonds is 5. The van der Waals surface area contributed by atoms with Crippen molar-refractivity contribution in [1.29, 1.82) is 0 Å². The SMILES string of the molecule is CNC(=O)c1cccc(NC(=O)c2ccc(N3CCN(C)CC3)c([N+](=O)[O-])c2)c1. The van der Waals surface area contributed by atoms with Crippen molar-refractivity contribution in [3.05, 3.63) is 63.7 Å². The first-order valence-corrected chi connectivity index (χ1v) is 9.24. The molecule has 1 aliphatic heterocycles. The van der Waals surface area contributed by atoms with Crippen molar-refractivity contribution >= 4 is 28.9 Å². The molecule has 0 atom stereocenters. The Morgan fingerprint density at radius 1 is 1.00 bits per heavy atom. The van der Waals surface area contributed by atoms with Gasteiger partial charge in [-0.15, -0.1) is 0 Å². The van der Waals surface area contributed by atoms with Gasteiger partial charge in [-0.25, -0.2) is 0 Å². The van der Waals surface area contributed by atoms with E-state index in [1.165, 1.54) is 13.1 Å². The molecule has 0 aliphatic carbocycles. The van der Waals surface area contributed by atoms with Crippen LogP contribution in [0.4, 0.5) is 17.1 Å². The largest absolute Gasteiger partial charge is 0.363 e. The summed E-state index contributed by atoms with van der Waals surface area (Å²) in [6, 6.07) is 11.0. The fourth-order valence-corrected chi connectivity index (χ4v) is 3.21. The Morgan fingerprint density at radius 3 is 2.34 bits per heavy atom. The van der Waals surface area contributed by atoms with Crippen LogP contribution in [-0.2, 0) is 0 Å². The number of hydrogen-bond donors (Lipinski definition) is 2. The van der Waals surface area contributed by atoms with Gasteiger partial charge in [0.15, 0.2) is 0 Å². The van der Waals surface area contributed by atoms with Crippen LogP contribution in [0.25, 0.3) is 0 Å². The third-order valence-electron chi connectivity index (χ3n) is 4.89. The third kappa shape index (κ3) is 4.69. The summed E-state index contributed by atoms with van der Waals surface area (Å²) in [5.41, 5.74) is 1.44. The fourth-order valence-electron chi connectivity index (χ4n) is 3.21. The standard InChI is InChI=1S/C20H23N5O4/c1-21-19(26)14-4-3-5-16(12-14)22-20(27)15-6-7-17(18(13-15)25(28)29)24-10-8-23(2)9-11-24/h3-7,12-13H,8-11H2,1-2H3,(H,21,26)(H,22,27). The molecule has 1 aliphatic rings. The molecule has 2 aromatic rings. The lowest BCUT2D eigenvalue weighted by atomic mass is 10.1. The molecule has 1 heterocycles. The summed E-state index contributed by atoms with van der Waals surface area (Å²) in [4.78, 5) is 39.6. The van der Waals surface area contributed by atoms with Crippen molar-refractivity contribution in [3.63, 3.8) is 0 Å². The first kappa shape index (κ1) is 20.3. The molecule has 3 rings (SSSR count). The summed E-state index contributed by atoms with van der Waals surface area (Å²) in [6.07, 6.45) is 0. The molecule has 29 heavy (non-hydrogen) atoms. The van der Waals surface area contributed by atoms with E-state index in [9.17, 15) is 19.7 Å². The van der Waals surface area contributed by atoms with Crippen LogP contribution in [0.2, 0.25) is 0 Å². The van der Waals surface area contributed by atoms with Crippen LogP contribution in [0, 0.1) is 10.1 Å². The Bertz CT molecular complexity index is 938. The molecule has 2 N–H and O–H groups in total. The quantitative estimate of drug-likeness (QED) is 0.590. The second-order valence-electron chi connectivity index (χ2n) is 6.86. The van der Waals surface area contributed by atoms with Gasteiger partial charge in [-0.05, 0) is 37.4 Å². The van der Waals surface area contributed by atoms with Gasteiger partial charge in [0.2, 0.25) is 0 Å². The minimum absolute atomic E-state index is 0.0960. The highest BCUT2D eigenvalue weighted by atomic mass is 16.6. The zero-order valence-electron chi connectivity index (χ0n) is 16.3. The second-order valence-corrected chi connectivity index (χ2v) is 6.86. The highest BCUT2D eigenvalue weighted by molar-refractivity contribution is 6.06. The minimum Gasteiger partial charge on any atom is -0.363 e. The zero-order chi connectivity index (χ0) is 21.0. The van der Waals surface area contributed by atoms with Crippen molar-refractivity contribution in [3.8, 4) is 0 Å². The smallest absolute Gasteiger partial charge is 0.293 e. The van der Waals surface area contributed by atoms with E-state index in [1.54, 1.807) is 36.4 Å². The molecule has 1 fully saturated rings. The van der Waals surface area contributed by atoms with E-state index in [0.29, 0.717) is 30.0 Å². The predicted molar refractivity (Wildman–Crippen MR) is 111 cm³/mol. The van der Waals surface area contributed by atoms with Crippen LogP contribution < -0.4 is 15.5 Å². The van der Waals surface area contributed by atoms with E-state index < -0.39 is 10.8 Å². The molecule has 0 unspecified atom stereocenters. The molecule has 1 saturated heterocycles. The van der Waals surface area contributed by atoms with Crippen LogP contribution in [-0.4, -0.2) is 61.9 Å². The molecule has 9 heteroatoms. The average Bonchev–Trinajstić information content (AvgIpc) is 2.73. The molecule has 9 nitrogen and oxygen atoms in total. The van der Waals surface area contributed by atoms with Crippen LogP contribution >= 0.6 is 0 Å². The molecule has 0 radical (unpaired) electrons. The molecule has 0 bridgehead atoms. The fraction of sp³-hybridized carbons (Fsp3) is 0.300. The lowest BCUT2D eigenvalue weighted by Gasteiger charge is -2.33. The Morgan fingerprint density at radius 2 is 1.69 bits per heavy atom. The van der Waals surface area contributed by atoms with Gasteiger partial charge in [0.25, 0.3) is 17.5 Å². The van der Waals surface area contributed by atoms with Crippen LogP contribution in [0.1, 0.15) is 20.7 Å². The number of anilines is 2. The van der Waals surface area contributed by atoms with E-state index in [0.717, 1.165) is 13.1 Å². The van der Waals surface area contributed by atoms with E-state index >= 15 is 0 Å². The number of hydrogen-bond acceptors (Lipinski definition) is 6. The number of nitrogens with one attached hydrogen (secondary N) is 2. The number of benzene rings is 2. The number of nitro groups is 1. The molecule has 0 aromatic heterocycles. The first-order valence-electron chi connectivity index (χ1n) is 9.24. The maximum Gasteiger partial charge on any atom is 0.293 e. The lowest BCUT2D eigenvalue weighted by Crippen LogP contribution is -2.44. The number of carbonyl (C=O) groups excluding carboxylic acids is 2. The van der Waals surface area contributed by atoms with Gasteiger partial charge in [0, 0.05) is 56.1 Å². The van der Waals surface area contributed by atoms with Crippen molar-refractivity contribution in [2.45, 2.75) is 0 Å².